The summed E-state index contributed by atoms with van der Waals surface area (Å²) in [4.78, 5) is 12.2. The lowest BCUT2D eigenvalue weighted by molar-refractivity contribution is -0.122. The quantitative estimate of drug-likeness (QED) is 0.895. The third-order valence-corrected chi connectivity index (χ3v) is 3.75. The van der Waals surface area contributed by atoms with Crippen LogP contribution in [0.25, 0.3) is 0 Å². The van der Waals surface area contributed by atoms with Crippen LogP contribution in [-0.2, 0) is 11.2 Å². The number of benzene rings is 2. The van der Waals surface area contributed by atoms with Gasteiger partial charge in [0.25, 0.3) is 5.91 Å². The number of ether oxygens (including phenoxy) is 1. The number of halogens is 1. The van der Waals surface area contributed by atoms with Crippen LogP contribution in [-0.4, -0.2) is 12.0 Å². The van der Waals surface area contributed by atoms with E-state index in [9.17, 15) is 4.79 Å². The smallest absolute Gasteiger partial charge is 0.265 e. The Balaban J connectivity index is 2.07. The molecule has 4 nitrogen and oxygen atoms in total. The molecule has 0 saturated carbocycles. The number of carbonyl (C=O) groups is 1. The van der Waals surface area contributed by atoms with Gasteiger partial charge in [-0.1, -0.05) is 30.7 Å². The molecule has 0 radical (unpaired) electrons. The number of nitrogens with one attached hydrogen (secondary N) is 1. The molecule has 0 aliphatic heterocycles. The molecule has 0 bridgehead atoms. The van der Waals surface area contributed by atoms with Crippen LogP contribution in [0.1, 0.15) is 25.0 Å². The van der Waals surface area contributed by atoms with Crippen LogP contribution in [0.4, 0.5) is 5.69 Å². The summed E-state index contributed by atoms with van der Waals surface area (Å²) in [6, 6.07) is 14.2. The van der Waals surface area contributed by atoms with Crippen molar-refractivity contribution in [1.82, 2.24) is 0 Å². The number of hydrogen-bond donors (Lipinski definition) is 1. The molecule has 1 atom stereocenters. The Morgan fingerprint density at radius 3 is 2.78 bits per heavy atom. The van der Waals surface area contributed by atoms with Crippen molar-refractivity contribution < 1.29 is 9.53 Å². The highest BCUT2D eigenvalue weighted by molar-refractivity contribution is 6.31. The van der Waals surface area contributed by atoms with Crippen molar-refractivity contribution in [3.05, 3.63) is 58.6 Å². The molecule has 2 aromatic carbocycles. The number of amides is 1. The number of rotatable bonds is 5. The summed E-state index contributed by atoms with van der Waals surface area (Å²) in [5, 5.41) is 12.4. The summed E-state index contributed by atoms with van der Waals surface area (Å²) >= 11 is 6.07. The van der Waals surface area contributed by atoms with Gasteiger partial charge < -0.3 is 10.1 Å². The van der Waals surface area contributed by atoms with Gasteiger partial charge in [-0.05, 0) is 49.2 Å². The standard InChI is InChI=1S/C18H17ClN2O2/c1-3-13-10-15(8-9-16(13)19)23-12(2)18(22)21-17-7-5-4-6-14(17)11-20/h4-10,12H,3H2,1-2H3,(H,21,22)/t12-/m0/s1. The molecule has 0 aromatic heterocycles. The second-order valence-electron chi connectivity index (χ2n) is 5.01. The van der Waals surface area contributed by atoms with Gasteiger partial charge in [-0.25, -0.2) is 0 Å². The van der Waals surface area contributed by atoms with E-state index >= 15 is 0 Å². The monoisotopic (exact) mass is 328 g/mol. The fourth-order valence-electron chi connectivity index (χ4n) is 2.08. The van der Waals surface area contributed by atoms with E-state index in [1.165, 1.54) is 0 Å². The number of para-hydroxylation sites is 1. The molecule has 0 unspecified atom stereocenters. The fraction of sp³-hybridized carbons (Fsp3) is 0.222. The van der Waals surface area contributed by atoms with Crippen molar-refractivity contribution in [3.63, 3.8) is 0 Å². The fourth-order valence-corrected chi connectivity index (χ4v) is 2.33. The lowest BCUT2D eigenvalue weighted by Gasteiger charge is -2.16. The van der Waals surface area contributed by atoms with E-state index in [0.717, 1.165) is 12.0 Å². The van der Waals surface area contributed by atoms with Gasteiger partial charge >= 0.3 is 0 Å². The summed E-state index contributed by atoms with van der Waals surface area (Å²) in [6.07, 6.45) is 0.0826. The van der Waals surface area contributed by atoms with E-state index in [0.29, 0.717) is 22.0 Å². The maximum Gasteiger partial charge on any atom is 0.265 e. The van der Waals surface area contributed by atoms with Crippen LogP contribution in [0.15, 0.2) is 42.5 Å². The Morgan fingerprint density at radius 2 is 2.09 bits per heavy atom. The second-order valence-corrected chi connectivity index (χ2v) is 5.42. The maximum atomic E-state index is 12.2. The van der Waals surface area contributed by atoms with Crippen molar-refractivity contribution in [3.8, 4) is 11.8 Å². The molecule has 23 heavy (non-hydrogen) atoms. The van der Waals surface area contributed by atoms with Gasteiger partial charge in [-0.2, -0.15) is 5.26 Å². The van der Waals surface area contributed by atoms with Crippen LogP contribution < -0.4 is 10.1 Å². The minimum atomic E-state index is -0.701. The van der Waals surface area contributed by atoms with E-state index in [-0.39, 0.29) is 5.91 Å². The SMILES string of the molecule is CCc1cc(O[C@@H](C)C(=O)Nc2ccccc2C#N)ccc1Cl. The number of anilines is 1. The predicted octanol–water partition coefficient (Wildman–Crippen LogP) is 4.18. The van der Waals surface area contributed by atoms with Crippen LogP contribution >= 0.6 is 11.6 Å². The summed E-state index contributed by atoms with van der Waals surface area (Å²) in [7, 11) is 0. The van der Waals surface area contributed by atoms with E-state index in [1.807, 2.05) is 19.1 Å². The number of hydrogen-bond acceptors (Lipinski definition) is 3. The van der Waals surface area contributed by atoms with Gasteiger partial charge in [0, 0.05) is 5.02 Å². The van der Waals surface area contributed by atoms with E-state index in [4.69, 9.17) is 21.6 Å². The summed E-state index contributed by atoms with van der Waals surface area (Å²) < 4.78 is 5.67. The normalized spacial score (nSPS) is 11.4. The minimum absolute atomic E-state index is 0.319. The Kier molecular flexibility index (Phi) is 5.61. The highest BCUT2D eigenvalue weighted by Crippen LogP contribution is 2.23. The Bertz CT molecular complexity index is 753. The van der Waals surface area contributed by atoms with Gasteiger partial charge in [-0.3, -0.25) is 4.79 Å². The minimum Gasteiger partial charge on any atom is -0.481 e. The summed E-state index contributed by atoms with van der Waals surface area (Å²) in [5.74, 6) is 0.267. The molecule has 2 aromatic rings. The summed E-state index contributed by atoms with van der Waals surface area (Å²) in [5.41, 5.74) is 1.85. The molecule has 1 amide bonds. The van der Waals surface area contributed by atoms with Crippen molar-refractivity contribution in [2.45, 2.75) is 26.4 Å². The number of aryl methyl sites for hydroxylation is 1. The average molecular weight is 329 g/mol. The molecule has 0 aliphatic rings. The molecular formula is C18H17ClN2O2. The van der Waals surface area contributed by atoms with Gasteiger partial charge in [0.15, 0.2) is 6.10 Å². The Labute approximate surface area is 140 Å². The second kappa shape index (κ2) is 7.66. The zero-order valence-corrected chi connectivity index (χ0v) is 13.7. The topological polar surface area (TPSA) is 62.1 Å². The van der Waals surface area contributed by atoms with Crippen molar-refractivity contribution >= 4 is 23.2 Å². The molecule has 2 rings (SSSR count). The van der Waals surface area contributed by atoms with Gasteiger partial charge in [-0.15, -0.1) is 0 Å². The molecule has 0 aliphatic carbocycles. The van der Waals surface area contributed by atoms with Crippen LogP contribution in [0.5, 0.6) is 5.75 Å². The first kappa shape index (κ1) is 16.9. The highest BCUT2D eigenvalue weighted by Gasteiger charge is 2.16. The molecule has 0 saturated heterocycles. The Morgan fingerprint density at radius 1 is 1.35 bits per heavy atom. The molecule has 0 heterocycles. The van der Waals surface area contributed by atoms with Crippen molar-refractivity contribution in [2.24, 2.45) is 0 Å². The van der Waals surface area contributed by atoms with Crippen molar-refractivity contribution in [1.29, 1.82) is 5.26 Å². The van der Waals surface area contributed by atoms with E-state index < -0.39 is 6.10 Å². The number of carbonyl (C=O) groups excluding carboxylic acids is 1. The molecule has 0 fully saturated rings. The largest absolute Gasteiger partial charge is 0.481 e. The first-order valence-corrected chi connectivity index (χ1v) is 7.68. The number of nitrogens with zero attached hydrogens (tertiary/aromatic N) is 1. The van der Waals surface area contributed by atoms with Crippen LogP contribution in [0, 0.1) is 11.3 Å². The zero-order valence-electron chi connectivity index (χ0n) is 13.0. The zero-order chi connectivity index (χ0) is 16.8. The molecule has 0 spiro atoms. The van der Waals surface area contributed by atoms with Crippen LogP contribution in [0.3, 0.4) is 0 Å². The lowest BCUT2D eigenvalue weighted by atomic mass is 10.1. The lowest BCUT2D eigenvalue weighted by Crippen LogP contribution is -2.30. The van der Waals surface area contributed by atoms with Crippen molar-refractivity contribution in [2.75, 3.05) is 5.32 Å². The first-order valence-electron chi connectivity index (χ1n) is 7.30. The first-order chi connectivity index (χ1) is 11.0. The number of nitriles is 1. The Hall–Kier alpha value is -2.51. The third kappa shape index (κ3) is 4.24. The molecule has 5 heteroatoms. The average Bonchev–Trinajstić information content (AvgIpc) is 2.56. The third-order valence-electron chi connectivity index (χ3n) is 3.39. The van der Waals surface area contributed by atoms with Gasteiger partial charge in [0.2, 0.25) is 0 Å². The maximum absolute atomic E-state index is 12.2. The van der Waals surface area contributed by atoms with E-state index in [2.05, 4.69) is 5.32 Å². The summed E-state index contributed by atoms with van der Waals surface area (Å²) in [6.45, 7) is 3.66. The molecule has 1 N–H and O–H groups in total. The van der Waals surface area contributed by atoms with E-state index in [1.54, 1.807) is 43.3 Å². The molecule has 118 valence electrons. The highest BCUT2D eigenvalue weighted by atomic mass is 35.5. The molecular weight excluding hydrogens is 312 g/mol. The van der Waals surface area contributed by atoms with Gasteiger partial charge in [0.05, 0.1) is 11.3 Å². The van der Waals surface area contributed by atoms with Crippen LogP contribution in [0.2, 0.25) is 5.02 Å². The predicted molar refractivity (Wildman–Crippen MR) is 90.7 cm³/mol. The van der Waals surface area contributed by atoms with Gasteiger partial charge in [0.1, 0.15) is 11.8 Å².